The molecule has 0 aliphatic rings. The quantitative estimate of drug-likeness (QED) is 0.692. The van der Waals surface area contributed by atoms with Gasteiger partial charge >= 0.3 is 0 Å². The molecule has 0 N–H and O–H groups in total. The molecule has 4 heteroatoms. The molecule has 4 nitrogen and oxygen atoms in total. The maximum Gasteiger partial charge on any atom is 0.244 e. The van der Waals surface area contributed by atoms with Crippen LogP contribution in [0.4, 0.5) is 0 Å². The van der Waals surface area contributed by atoms with E-state index < -0.39 is 0 Å². The molecule has 0 saturated carbocycles. The van der Waals surface area contributed by atoms with Crippen molar-refractivity contribution in [2.45, 2.75) is 65.7 Å². The normalized spacial score (nSPS) is 14.4. The van der Waals surface area contributed by atoms with Crippen molar-refractivity contribution < 1.29 is 9.13 Å². The number of imidazole rings is 2. The van der Waals surface area contributed by atoms with Crippen LogP contribution in [-0.2, 0) is 13.1 Å². The minimum atomic E-state index is 0.579. The average molecular weight is 276 g/mol. The summed E-state index contributed by atoms with van der Waals surface area (Å²) in [5, 5.41) is 0. The van der Waals surface area contributed by atoms with E-state index in [2.05, 4.69) is 83.4 Å². The summed E-state index contributed by atoms with van der Waals surface area (Å²) in [7, 11) is 0. The second-order valence-electron chi connectivity index (χ2n) is 5.71. The van der Waals surface area contributed by atoms with Crippen molar-refractivity contribution >= 4 is 0 Å². The van der Waals surface area contributed by atoms with Crippen molar-refractivity contribution in [2.24, 2.45) is 0 Å². The molecule has 0 saturated heterocycles. The van der Waals surface area contributed by atoms with Crippen LogP contribution in [0, 0.1) is 0 Å². The van der Waals surface area contributed by atoms with Crippen LogP contribution in [0.3, 0.4) is 0 Å². The van der Waals surface area contributed by atoms with Gasteiger partial charge in [0.2, 0.25) is 12.7 Å². The van der Waals surface area contributed by atoms with Gasteiger partial charge in [0.15, 0.2) is 0 Å². The Kier molecular flexibility index (Phi) is 4.99. The number of hydrogen-bond acceptors (Lipinski definition) is 0. The monoisotopic (exact) mass is 276 g/mol. The zero-order chi connectivity index (χ0) is 14.5. The van der Waals surface area contributed by atoms with E-state index in [1.54, 1.807) is 0 Å². The zero-order valence-electron chi connectivity index (χ0n) is 13.2. The second kappa shape index (κ2) is 6.73. The number of aryl methyl sites for hydroxylation is 2. The highest BCUT2D eigenvalue weighted by molar-refractivity contribution is 4.72. The van der Waals surface area contributed by atoms with Gasteiger partial charge in [-0.1, -0.05) is 13.8 Å². The van der Waals surface area contributed by atoms with E-state index >= 15 is 0 Å². The number of nitrogens with zero attached hydrogens (tertiary/aromatic N) is 4. The summed E-state index contributed by atoms with van der Waals surface area (Å²) >= 11 is 0. The van der Waals surface area contributed by atoms with Crippen LogP contribution in [0.1, 0.15) is 52.6 Å². The van der Waals surface area contributed by atoms with Crippen LogP contribution in [0.25, 0.3) is 0 Å². The summed E-state index contributed by atoms with van der Waals surface area (Å²) in [5.74, 6) is 0. The molecular weight excluding hydrogens is 248 g/mol. The summed E-state index contributed by atoms with van der Waals surface area (Å²) in [5.41, 5.74) is 0. The average Bonchev–Trinajstić information content (AvgIpc) is 3.12. The van der Waals surface area contributed by atoms with Crippen LogP contribution in [0.5, 0.6) is 0 Å². The Labute approximate surface area is 122 Å². The largest absolute Gasteiger partial charge is 0.244 e. The standard InChI is InChI=1S/C16H28N4/c1-5-15(3)19-11-9-17(13-19)7-8-18-10-12-20(14-18)16(4)6-2/h9-16H,5-8H2,1-4H3/q+2. The van der Waals surface area contributed by atoms with Gasteiger partial charge in [-0.05, 0) is 26.7 Å². The van der Waals surface area contributed by atoms with Crippen LogP contribution >= 0.6 is 0 Å². The lowest BCUT2D eigenvalue weighted by Crippen LogP contribution is -2.42. The van der Waals surface area contributed by atoms with E-state index in [1.165, 1.54) is 12.8 Å². The first-order valence-electron chi connectivity index (χ1n) is 7.77. The lowest BCUT2D eigenvalue weighted by Gasteiger charge is -2.02. The molecule has 2 rings (SSSR count). The molecule has 2 aromatic rings. The summed E-state index contributed by atoms with van der Waals surface area (Å²) in [6.45, 7) is 11.0. The fourth-order valence-electron chi connectivity index (χ4n) is 2.26. The van der Waals surface area contributed by atoms with Crippen molar-refractivity contribution in [3.8, 4) is 0 Å². The molecule has 0 spiro atoms. The van der Waals surface area contributed by atoms with E-state index in [0.29, 0.717) is 12.1 Å². The Hall–Kier alpha value is -1.58. The summed E-state index contributed by atoms with van der Waals surface area (Å²) in [4.78, 5) is 0. The van der Waals surface area contributed by atoms with Crippen molar-refractivity contribution in [2.75, 3.05) is 0 Å². The summed E-state index contributed by atoms with van der Waals surface area (Å²) in [6, 6.07) is 1.16. The van der Waals surface area contributed by atoms with Crippen LogP contribution in [-0.4, -0.2) is 9.13 Å². The molecule has 0 amide bonds. The molecule has 0 fully saturated rings. The molecule has 0 radical (unpaired) electrons. The number of rotatable bonds is 7. The molecule has 2 heterocycles. The van der Waals surface area contributed by atoms with Crippen molar-refractivity contribution in [3.05, 3.63) is 37.4 Å². The zero-order valence-corrected chi connectivity index (χ0v) is 13.2. The Balaban J connectivity index is 1.92. The first kappa shape index (κ1) is 14.8. The molecule has 2 aromatic heterocycles. The maximum atomic E-state index is 2.29. The number of aromatic nitrogens is 4. The van der Waals surface area contributed by atoms with Gasteiger partial charge in [-0.2, -0.15) is 0 Å². The van der Waals surface area contributed by atoms with Gasteiger partial charge in [0.05, 0.1) is 12.1 Å². The minimum Gasteiger partial charge on any atom is -0.234 e. The third-order valence-electron chi connectivity index (χ3n) is 4.24. The van der Waals surface area contributed by atoms with Gasteiger partial charge in [-0.3, -0.25) is 0 Å². The molecule has 0 aliphatic carbocycles. The molecule has 0 aromatic carbocycles. The first-order chi connectivity index (χ1) is 9.63. The van der Waals surface area contributed by atoms with Crippen LogP contribution < -0.4 is 9.13 Å². The minimum absolute atomic E-state index is 0.579. The van der Waals surface area contributed by atoms with Crippen molar-refractivity contribution in [3.63, 3.8) is 0 Å². The molecule has 20 heavy (non-hydrogen) atoms. The highest BCUT2D eigenvalue weighted by Crippen LogP contribution is 2.08. The predicted molar refractivity (Wildman–Crippen MR) is 79.3 cm³/mol. The Morgan fingerprint density at radius 3 is 1.55 bits per heavy atom. The van der Waals surface area contributed by atoms with Gasteiger partial charge in [0, 0.05) is 0 Å². The topological polar surface area (TPSA) is 17.6 Å². The summed E-state index contributed by atoms with van der Waals surface area (Å²) < 4.78 is 9.10. The predicted octanol–water partition coefficient (Wildman–Crippen LogP) is 2.51. The highest BCUT2D eigenvalue weighted by atomic mass is 15.2. The van der Waals surface area contributed by atoms with Gasteiger partial charge in [-0.25, -0.2) is 18.3 Å². The number of hydrogen-bond donors (Lipinski definition) is 0. The lowest BCUT2D eigenvalue weighted by atomic mass is 10.3. The SMILES string of the molecule is CCC(C)n1cc[n+](CC[n+]2ccn(C(C)CC)c2)c1. The van der Waals surface area contributed by atoms with E-state index in [9.17, 15) is 0 Å². The molecule has 2 unspecified atom stereocenters. The van der Waals surface area contributed by atoms with Gasteiger partial charge in [0.1, 0.15) is 37.9 Å². The lowest BCUT2D eigenvalue weighted by molar-refractivity contribution is -0.778. The van der Waals surface area contributed by atoms with E-state index in [1.807, 2.05) is 0 Å². The van der Waals surface area contributed by atoms with Crippen molar-refractivity contribution in [1.82, 2.24) is 9.13 Å². The third kappa shape index (κ3) is 3.50. The molecule has 0 bridgehead atoms. The molecule has 0 aliphatic heterocycles. The maximum absolute atomic E-state index is 2.29. The first-order valence-corrected chi connectivity index (χ1v) is 7.77. The van der Waals surface area contributed by atoms with Gasteiger partial charge in [-0.15, -0.1) is 0 Å². The van der Waals surface area contributed by atoms with Crippen LogP contribution in [0.15, 0.2) is 37.4 Å². The molecule has 110 valence electrons. The highest BCUT2D eigenvalue weighted by Gasteiger charge is 2.12. The Bertz CT molecular complexity index is 478. The van der Waals surface area contributed by atoms with Gasteiger partial charge in [0.25, 0.3) is 0 Å². The summed E-state index contributed by atoms with van der Waals surface area (Å²) in [6.07, 6.45) is 15.4. The molecule has 2 atom stereocenters. The fourth-order valence-corrected chi connectivity index (χ4v) is 2.26. The smallest absolute Gasteiger partial charge is 0.234 e. The third-order valence-corrected chi connectivity index (χ3v) is 4.24. The Morgan fingerprint density at radius 2 is 1.20 bits per heavy atom. The van der Waals surface area contributed by atoms with E-state index in [-0.39, 0.29) is 0 Å². The second-order valence-corrected chi connectivity index (χ2v) is 5.71. The van der Waals surface area contributed by atoms with Gasteiger partial charge < -0.3 is 0 Å². The van der Waals surface area contributed by atoms with Crippen molar-refractivity contribution in [1.29, 1.82) is 0 Å². The van der Waals surface area contributed by atoms with E-state index in [0.717, 1.165) is 13.1 Å². The van der Waals surface area contributed by atoms with E-state index in [4.69, 9.17) is 0 Å². The molecular formula is C16H28N4+2. The van der Waals surface area contributed by atoms with Crippen LogP contribution in [0.2, 0.25) is 0 Å². The fraction of sp³-hybridized carbons (Fsp3) is 0.625. The Morgan fingerprint density at radius 1 is 0.800 bits per heavy atom.